The molecule has 10 aromatic rings. The molecule has 0 saturated heterocycles. The van der Waals surface area contributed by atoms with Gasteiger partial charge in [0.25, 0.3) is 5.91 Å². The number of hydrogen-bond acceptors (Lipinski definition) is 22. The predicted octanol–water partition coefficient (Wildman–Crippen LogP) is 31.6. The molecule has 137 heavy (non-hydrogen) atoms. The van der Waals surface area contributed by atoms with Crippen molar-refractivity contribution in [2.24, 2.45) is 9.98 Å². The lowest BCUT2D eigenvalue weighted by Crippen LogP contribution is -2.46. The molecule has 10 aromatic carbocycles. The van der Waals surface area contributed by atoms with Crippen molar-refractivity contribution < 1.29 is 90.1 Å². The number of rotatable bonds is 19. The molecule has 0 fully saturated rings. The molecule has 2 heterocycles. The summed E-state index contributed by atoms with van der Waals surface area (Å²) in [6, 6.07) is 39.0. The fourth-order valence-corrected chi connectivity index (χ4v) is 24.2. The first-order valence-electron chi connectivity index (χ1n) is 40.2. The average molecular weight is 2570 g/mol. The van der Waals surface area contributed by atoms with Crippen LogP contribution in [0, 0.1) is 77.6 Å². The van der Waals surface area contributed by atoms with Crippen molar-refractivity contribution in [2.75, 3.05) is 90.3 Å². The van der Waals surface area contributed by atoms with Crippen molar-refractivity contribution in [2.45, 2.75) is 151 Å². The van der Waals surface area contributed by atoms with E-state index in [4.69, 9.17) is 39.4 Å². The van der Waals surface area contributed by atoms with E-state index < -0.39 is 41.0 Å². The van der Waals surface area contributed by atoms with E-state index in [1.54, 1.807) is 140 Å². The number of benzene rings is 10. The van der Waals surface area contributed by atoms with Crippen molar-refractivity contribution in [3.05, 3.63) is 288 Å². The molecule has 0 spiro atoms. The van der Waals surface area contributed by atoms with Crippen LogP contribution in [0.15, 0.2) is 229 Å². The molecule has 2 aliphatic rings. The van der Waals surface area contributed by atoms with Crippen molar-refractivity contribution in [1.29, 1.82) is 0 Å². The molecule has 17 nitrogen and oxygen atoms in total. The maximum atomic E-state index is 14.2. The second kappa shape index (κ2) is 61.0. The number of methoxy groups -OCH3 is 2. The highest BCUT2D eigenvalue weighted by Gasteiger charge is 2.32. The number of carboxylic acid groups (broad SMARTS) is 3. The molecule has 742 valence electrons. The second-order valence-electron chi connectivity index (χ2n) is 30.4. The first-order valence-corrected chi connectivity index (χ1v) is 57.6. The van der Waals surface area contributed by atoms with Crippen LogP contribution in [0.1, 0.15) is 154 Å². The Morgan fingerprint density at radius 3 is 1.04 bits per heavy atom. The molecule has 1 amide bonds. The molecule has 0 aliphatic carbocycles. The molecule has 39 heteroatoms. The van der Waals surface area contributed by atoms with Crippen LogP contribution in [-0.2, 0) is 18.9 Å². The summed E-state index contributed by atoms with van der Waals surface area (Å²) in [4.78, 5) is 83.3. The molecule has 5 N–H and O–H groups in total. The van der Waals surface area contributed by atoms with Crippen LogP contribution in [0.25, 0.3) is 0 Å². The number of aliphatic hydroxyl groups excluding tert-OH is 1. The molecule has 0 aromatic heterocycles. The monoisotopic (exact) mass is 2560 g/mol. The zero-order valence-electron chi connectivity index (χ0n) is 79.3. The van der Waals surface area contributed by atoms with E-state index in [-0.39, 0.29) is 58.2 Å². The summed E-state index contributed by atoms with van der Waals surface area (Å²) in [6.45, 7) is 26.1. The number of nitrogens with zero attached hydrogens (tertiary/aromatic N) is 2. The van der Waals surface area contributed by atoms with Gasteiger partial charge >= 0.3 is 29.8 Å². The number of halogens is 13. The maximum absolute atomic E-state index is 14.2. The summed E-state index contributed by atoms with van der Waals surface area (Å²) in [7, 11) is 2.79. The number of hydrogen-bond donors (Lipinski definition) is 5. The SMILES string of the molecule is COC(=O)c1ccc(Br)c(SC)c1C.COC(=O)c1ccc(C)c(SC)c1C.CSc1c(Br)ccc(C(=O)NC(C)(C)CO)c1F.CSc1c(Br)ccc(C(=O)O)c1C.CSc1c(Br)ccc(C(=O)O)c1F.CSc1c(Br)ccc(C2=NC(C)(C)CO2)c1C.CSc1c(Br)ccc(C2=NC(C)(C)CO2)c1F.CSc1c(C)ccc(C(=O)O)c1C.CSc1c(F)cccc1Br.Fc1cccc(Br)c1. The number of esters is 2. The zero-order valence-corrected chi connectivity index (χ0v) is 99.3. The standard InChI is InChI=1S/C13H16BrNOS.C12H15BrFNO2S.C12H13BrFNOS.C11H14O2S.C10H11BrO2S.C10H12O2S.C9H9BrO2S.C8H6BrFO2S.C7H6BrFS.C6H4BrF/c1-8-9(5-6-10(14)11(8)17-4)12-15-13(2,3)7-16-12;1-12(2,6-16)15-11(17)7-4-5-8(13)10(18-3)9(7)14;1-12(2)6-16-11(15-12)7-4-5-8(13)10(17-3)9(7)14;1-7-5-6-9(11(12)13-3)8(2)10(7)14-4;1-6-7(10(12)13-2)4-5-8(11)9(6)14-3;1-6-4-5-8(10(11)12)7(2)9(6)13-3;1-5-6(9(11)12)3-4-7(10)8(5)13-2;1-13-7-5(9)3-2-4(6(7)10)8(11)12;1-10-7-5(8)3-2-4-6(7)9;7-5-2-1-3-6(8)4-5/h5-6H,7H2,1-4H3;4-5,16H,6H2,1-3H3,(H,15,17);4-5H,6H2,1-3H3;5-6H,1-4H3;4-5H,1-3H3;4-5H,1-3H3,(H,11,12);3-4H,1-2H3,(H,11,12);2-3H,1H3,(H,11,12);2-4H,1H3;1-4H. The fraction of sp³-hybridized carbons (Fsp3) is 0.306. The van der Waals surface area contributed by atoms with Crippen LogP contribution in [0.4, 0.5) is 22.0 Å². The smallest absolute Gasteiger partial charge is 0.338 e. The minimum absolute atomic E-state index is 0.0240. The third-order valence-corrected chi connectivity index (χ3v) is 34.0. The summed E-state index contributed by atoms with van der Waals surface area (Å²) < 4.78 is 93.8. The summed E-state index contributed by atoms with van der Waals surface area (Å²) in [5.74, 6) is -4.78. The number of aliphatic hydroxyl groups is 1. The molecule has 0 radical (unpaired) electrons. The number of amides is 1. The highest BCUT2D eigenvalue weighted by atomic mass is 79.9. The number of carboxylic acids is 3. The number of aliphatic imine (C=N–C) groups is 2. The van der Waals surface area contributed by atoms with E-state index in [1.807, 2.05) is 129 Å². The van der Waals surface area contributed by atoms with E-state index in [1.165, 1.54) is 114 Å². The maximum Gasteiger partial charge on any atom is 0.338 e. The molecular weight excluding hydrogens is 2470 g/mol. The lowest BCUT2D eigenvalue weighted by molar-refractivity contribution is 0.0590. The largest absolute Gasteiger partial charge is 0.478 e. The van der Waals surface area contributed by atoms with Gasteiger partial charge in [0, 0.05) is 65.8 Å². The lowest BCUT2D eigenvalue weighted by Gasteiger charge is -2.23. The van der Waals surface area contributed by atoms with Crippen LogP contribution < -0.4 is 5.32 Å². The van der Waals surface area contributed by atoms with Gasteiger partial charge in [-0.1, -0.05) is 40.2 Å². The van der Waals surface area contributed by atoms with Crippen molar-refractivity contribution in [1.82, 2.24) is 5.32 Å². The van der Waals surface area contributed by atoms with Gasteiger partial charge in [-0.3, -0.25) is 4.79 Å². The Hall–Kier alpha value is -5.44. The topological polar surface area (TPSA) is 257 Å². The molecule has 0 unspecified atom stereocenters. The average Bonchev–Trinajstić information content (AvgIpc) is 1.36. The van der Waals surface area contributed by atoms with Crippen LogP contribution >= 0.6 is 233 Å². The molecule has 2 aliphatic heterocycles. The summed E-state index contributed by atoms with van der Waals surface area (Å²) in [5.41, 5.74) is 9.30. The molecule has 0 bridgehead atoms. The van der Waals surface area contributed by atoms with E-state index in [0.717, 1.165) is 85.7 Å². The van der Waals surface area contributed by atoms with Gasteiger partial charge in [-0.15, -0.1) is 106 Å². The van der Waals surface area contributed by atoms with E-state index in [0.29, 0.717) is 75.5 Å². The van der Waals surface area contributed by atoms with Crippen LogP contribution in [-0.4, -0.2) is 175 Å². The summed E-state index contributed by atoms with van der Waals surface area (Å²) >= 11 is 39.8. The van der Waals surface area contributed by atoms with Crippen molar-refractivity contribution >= 4 is 281 Å². The highest BCUT2D eigenvalue weighted by Crippen LogP contribution is 2.40. The van der Waals surface area contributed by atoms with E-state index in [2.05, 4.69) is 182 Å². The third kappa shape index (κ3) is 37.9. The van der Waals surface area contributed by atoms with Gasteiger partial charge in [0.05, 0.1) is 96.0 Å². The van der Waals surface area contributed by atoms with Gasteiger partial charge in [-0.25, -0.2) is 55.9 Å². The van der Waals surface area contributed by atoms with Gasteiger partial charge in [-0.2, -0.15) is 0 Å². The Bertz CT molecular complexity index is 5620. The summed E-state index contributed by atoms with van der Waals surface area (Å²) in [6.07, 6.45) is 17.1. The third-order valence-electron chi connectivity index (χ3n) is 19.0. The van der Waals surface area contributed by atoms with Gasteiger partial charge in [0.2, 0.25) is 11.8 Å². The first kappa shape index (κ1) is 126. The lowest BCUT2D eigenvalue weighted by atomic mass is 10.1. The van der Waals surface area contributed by atoms with Crippen LogP contribution in [0.3, 0.4) is 0 Å². The Labute approximate surface area is 905 Å². The Kier molecular flexibility index (Phi) is 56.0. The Morgan fingerprint density at radius 2 is 0.693 bits per heavy atom. The minimum Gasteiger partial charge on any atom is -0.478 e. The molecule has 0 saturated carbocycles. The molecule has 12 rings (SSSR count). The van der Waals surface area contributed by atoms with Gasteiger partial charge in [0.15, 0.2) is 17.5 Å². The molecular formula is C98H106Br8F5N3O14S9. The number of nitrogens with one attached hydrogen (secondary N) is 1. The second-order valence-corrected chi connectivity index (χ2v) is 44.6. The predicted molar refractivity (Wildman–Crippen MR) is 590 cm³/mol. The number of carbonyl (C=O) groups is 6. The number of thioether (sulfide) groups is 9. The number of carbonyl (C=O) groups excluding carboxylic acids is 3. The van der Waals surface area contributed by atoms with Gasteiger partial charge < -0.3 is 44.7 Å². The van der Waals surface area contributed by atoms with Crippen LogP contribution in [0.2, 0.25) is 0 Å². The van der Waals surface area contributed by atoms with Crippen LogP contribution in [0.5, 0.6) is 0 Å². The first-order chi connectivity index (χ1) is 64.2. The Morgan fingerprint density at radius 1 is 0.387 bits per heavy atom. The number of aromatic carboxylic acids is 3. The molecule has 0 atom stereocenters. The Balaban J connectivity index is 0.000000394. The number of ether oxygens (including phenoxy) is 4. The normalized spacial score (nSPS) is 12.1. The fourth-order valence-electron chi connectivity index (χ4n) is 12.0. The van der Waals surface area contributed by atoms with E-state index in [9.17, 15) is 50.7 Å². The van der Waals surface area contributed by atoms with Crippen molar-refractivity contribution in [3.8, 4) is 0 Å². The van der Waals surface area contributed by atoms with Gasteiger partial charge in [0.1, 0.15) is 24.8 Å². The quantitative estimate of drug-likeness (QED) is 0.0286. The van der Waals surface area contributed by atoms with E-state index >= 15 is 0 Å². The highest BCUT2D eigenvalue weighted by molar-refractivity contribution is 9.11. The zero-order chi connectivity index (χ0) is 104. The van der Waals surface area contributed by atoms with Gasteiger partial charge in [-0.05, 0) is 412 Å². The van der Waals surface area contributed by atoms with Crippen molar-refractivity contribution in [3.63, 3.8) is 0 Å². The minimum atomic E-state index is -1.25. The summed E-state index contributed by atoms with van der Waals surface area (Å²) in [5, 5.41) is 38.0. The number of aryl methyl sites for hydroxylation is 2.